The van der Waals surface area contributed by atoms with Crippen molar-refractivity contribution in [2.75, 3.05) is 23.1 Å². The molecule has 0 bridgehead atoms. The van der Waals surface area contributed by atoms with Crippen molar-refractivity contribution in [3.8, 4) is 11.5 Å². The van der Waals surface area contributed by atoms with Crippen LogP contribution in [0.25, 0.3) is 0 Å². The van der Waals surface area contributed by atoms with Crippen LogP contribution in [-0.2, 0) is 19.4 Å². The SMILES string of the molecule is COc1cccc(CNc2nc(Nc3cc(Cl)ccc3O)nc(NC3Cc4ccccc4C3)n2)c1. The molecule has 35 heavy (non-hydrogen) atoms. The fraction of sp³-hybridized carbons (Fsp3) is 0.192. The molecule has 1 aliphatic carbocycles. The predicted molar refractivity (Wildman–Crippen MR) is 138 cm³/mol. The largest absolute Gasteiger partial charge is 0.506 e. The first kappa shape index (κ1) is 22.7. The summed E-state index contributed by atoms with van der Waals surface area (Å²) in [5.41, 5.74) is 4.09. The van der Waals surface area contributed by atoms with Crippen LogP contribution in [0.15, 0.2) is 66.7 Å². The van der Waals surface area contributed by atoms with E-state index >= 15 is 0 Å². The first-order valence-corrected chi connectivity index (χ1v) is 11.7. The lowest BCUT2D eigenvalue weighted by molar-refractivity contribution is 0.414. The summed E-state index contributed by atoms with van der Waals surface area (Å²) in [5.74, 6) is 1.94. The fourth-order valence-electron chi connectivity index (χ4n) is 4.11. The summed E-state index contributed by atoms with van der Waals surface area (Å²) in [6, 6.07) is 21.1. The van der Waals surface area contributed by atoms with Gasteiger partial charge in [-0.2, -0.15) is 15.0 Å². The van der Waals surface area contributed by atoms with Crippen LogP contribution >= 0.6 is 11.6 Å². The Kier molecular flexibility index (Phi) is 6.54. The van der Waals surface area contributed by atoms with Gasteiger partial charge in [-0.1, -0.05) is 48.0 Å². The van der Waals surface area contributed by atoms with Crippen molar-refractivity contribution in [1.29, 1.82) is 0 Å². The Morgan fingerprint density at radius 2 is 1.66 bits per heavy atom. The number of rotatable bonds is 8. The number of halogens is 1. The Balaban J connectivity index is 1.39. The van der Waals surface area contributed by atoms with E-state index in [1.54, 1.807) is 19.2 Å². The first-order chi connectivity index (χ1) is 17.1. The van der Waals surface area contributed by atoms with Gasteiger partial charge in [-0.3, -0.25) is 0 Å². The second-order valence-corrected chi connectivity index (χ2v) is 8.75. The average Bonchev–Trinajstić information content (AvgIpc) is 3.27. The molecule has 4 aromatic rings. The summed E-state index contributed by atoms with van der Waals surface area (Å²) in [4.78, 5) is 13.6. The van der Waals surface area contributed by atoms with Crippen molar-refractivity contribution in [2.45, 2.75) is 25.4 Å². The van der Waals surface area contributed by atoms with Gasteiger partial charge in [0.2, 0.25) is 17.8 Å². The summed E-state index contributed by atoms with van der Waals surface area (Å²) in [7, 11) is 1.64. The van der Waals surface area contributed by atoms with Gasteiger partial charge in [0, 0.05) is 17.6 Å². The molecule has 0 spiro atoms. The fourth-order valence-corrected chi connectivity index (χ4v) is 4.28. The smallest absolute Gasteiger partial charge is 0.233 e. The summed E-state index contributed by atoms with van der Waals surface area (Å²) in [5, 5.41) is 20.5. The van der Waals surface area contributed by atoms with Gasteiger partial charge in [-0.15, -0.1) is 0 Å². The molecule has 178 valence electrons. The highest BCUT2D eigenvalue weighted by Crippen LogP contribution is 2.29. The zero-order chi connectivity index (χ0) is 24.2. The zero-order valence-electron chi connectivity index (χ0n) is 19.1. The van der Waals surface area contributed by atoms with Crippen molar-refractivity contribution in [3.63, 3.8) is 0 Å². The number of hydrogen-bond acceptors (Lipinski definition) is 8. The molecule has 1 aromatic heterocycles. The summed E-state index contributed by atoms with van der Waals surface area (Å²) in [6.45, 7) is 0.497. The number of ether oxygens (including phenoxy) is 1. The van der Waals surface area contributed by atoms with Gasteiger partial charge in [0.1, 0.15) is 11.5 Å². The molecule has 0 saturated carbocycles. The molecular formula is C26H25ClN6O2. The number of methoxy groups -OCH3 is 1. The molecule has 0 unspecified atom stereocenters. The maximum Gasteiger partial charge on any atom is 0.233 e. The van der Waals surface area contributed by atoms with Crippen molar-refractivity contribution in [2.24, 2.45) is 0 Å². The van der Waals surface area contributed by atoms with E-state index in [4.69, 9.17) is 16.3 Å². The molecule has 0 aliphatic heterocycles. The maximum absolute atomic E-state index is 10.2. The van der Waals surface area contributed by atoms with Crippen LogP contribution in [0.1, 0.15) is 16.7 Å². The molecule has 1 heterocycles. The van der Waals surface area contributed by atoms with Crippen LogP contribution in [0.4, 0.5) is 23.5 Å². The number of nitrogens with zero attached hydrogens (tertiary/aromatic N) is 3. The number of aromatic hydroxyl groups is 1. The molecule has 0 atom stereocenters. The summed E-state index contributed by atoms with van der Waals surface area (Å²) >= 11 is 6.11. The number of benzene rings is 3. The quantitative estimate of drug-likeness (QED) is 0.252. The van der Waals surface area contributed by atoms with Crippen molar-refractivity contribution in [3.05, 3.63) is 88.4 Å². The minimum Gasteiger partial charge on any atom is -0.506 e. The number of fused-ring (bicyclic) bond motifs is 1. The van der Waals surface area contributed by atoms with Gasteiger partial charge in [0.05, 0.1) is 12.8 Å². The topological polar surface area (TPSA) is 104 Å². The average molecular weight is 489 g/mol. The third kappa shape index (κ3) is 5.55. The highest BCUT2D eigenvalue weighted by atomic mass is 35.5. The lowest BCUT2D eigenvalue weighted by Crippen LogP contribution is -2.22. The van der Waals surface area contributed by atoms with Crippen LogP contribution in [0.3, 0.4) is 0 Å². The Morgan fingerprint density at radius 1 is 0.914 bits per heavy atom. The molecule has 5 rings (SSSR count). The normalized spacial score (nSPS) is 12.7. The van der Waals surface area contributed by atoms with Crippen LogP contribution in [0, 0.1) is 0 Å². The van der Waals surface area contributed by atoms with Gasteiger partial charge < -0.3 is 25.8 Å². The molecule has 4 N–H and O–H groups in total. The van der Waals surface area contributed by atoms with E-state index < -0.39 is 0 Å². The van der Waals surface area contributed by atoms with Crippen LogP contribution in [0.2, 0.25) is 5.02 Å². The maximum atomic E-state index is 10.2. The number of hydrogen-bond donors (Lipinski definition) is 4. The van der Waals surface area contributed by atoms with Gasteiger partial charge in [0.25, 0.3) is 0 Å². The Hall–Kier alpha value is -4.04. The molecule has 1 aliphatic rings. The van der Waals surface area contributed by atoms with E-state index in [2.05, 4.69) is 55.2 Å². The zero-order valence-corrected chi connectivity index (χ0v) is 19.9. The van der Waals surface area contributed by atoms with E-state index in [-0.39, 0.29) is 17.7 Å². The van der Waals surface area contributed by atoms with Crippen molar-refractivity contribution >= 4 is 35.1 Å². The summed E-state index contributed by atoms with van der Waals surface area (Å²) in [6.07, 6.45) is 1.79. The highest BCUT2D eigenvalue weighted by Gasteiger charge is 2.22. The third-order valence-corrected chi connectivity index (χ3v) is 6.04. The molecule has 3 aromatic carbocycles. The van der Waals surface area contributed by atoms with E-state index in [0.29, 0.717) is 29.2 Å². The molecule has 8 nitrogen and oxygen atoms in total. The third-order valence-electron chi connectivity index (χ3n) is 5.81. The Bertz CT molecular complexity index is 1320. The lowest BCUT2D eigenvalue weighted by atomic mass is 10.1. The van der Waals surface area contributed by atoms with Crippen molar-refractivity contribution < 1.29 is 9.84 Å². The minimum atomic E-state index is 0.0430. The molecule has 0 radical (unpaired) electrons. The van der Waals surface area contributed by atoms with E-state index in [1.165, 1.54) is 17.2 Å². The second kappa shape index (κ2) is 10.1. The van der Waals surface area contributed by atoms with Gasteiger partial charge in [0.15, 0.2) is 0 Å². The number of phenols is 1. The van der Waals surface area contributed by atoms with Crippen molar-refractivity contribution in [1.82, 2.24) is 15.0 Å². The Labute approximate surface area is 208 Å². The monoisotopic (exact) mass is 488 g/mol. The molecule has 0 amide bonds. The van der Waals surface area contributed by atoms with Gasteiger partial charge in [-0.05, 0) is 59.9 Å². The standard InChI is InChI=1S/C26H25ClN6O2/c1-35-21-8-4-5-16(11-21)15-28-24-31-25(29-20-12-17-6-2-3-7-18(17)13-20)33-26(32-24)30-22-14-19(27)9-10-23(22)34/h2-11,14,20,34H,12-13,15H2,1H3,(H3,28,29,30,31,32,33). The number of nitrogens with one attached hydrogen (secondary N) is 3. The lowest BCUT2D eigenvalue weighted by Gasteiger charge is -2.15. The van der Waals surface area contributed by atoms with Crippen LogP contribution in [0.5, 0.6) is 11.5 Å². The predicted octanol–water partition coefficient (Wildman–Crippen LogP) is 5.17. The number of aromatic nitrogens is 3. The van der Waals surface area contributed by atoms with E-state index in [9.17, 15) is 5.11 Å². The van der Waals surface area contributed by atoms with Crippen LogP contribution < -0.4 is 20.7 Å². The molecule has 0 saturated heterocycles. The summed E-state index contributed by atoms with van der Waals surface area (Å²) < 4.78 is 5.31. The van der Waals surface area contributed by atoms with E-state index in [1.807, 2.05) is 24.3 Å². The minimum absolute atomic E-state index is 0.0430. The molecule has 0 fully saturated rings. The van der Waals surface area contributed by atoms with Gasteiger partial charge >= 0.3 is 0 Å². The molecule has 9 heteroatoms. The molecular weight excluding hydrogens is 464 g/mol. The number of phenolic OH excluding ortho intramolecular Hbond substituents is 1. The van der Waals surface area contributed by atoms with E-state index in [0.717, 1.165) is 24.2 Å². The number of anilines is 4. The second-order valence-electron chi connectivity index (χ2n) is 8.32. The Morgan fingerprint density at radius 3 is 2.43 bits per heavy atom. The first-order valence-electron chi connectivity index (χ1n) is 11.3. The van der Waals surface area contributed by atoms with Gasteiger partial charge in [-0.25, -0.2) is 0 Å². The highest BCUT2D eigenvalue weighted by molar-refractivity contribution is 6.30. The van der Waals surface area contributed by atoms with Crippen LogP contribution in [-0.4, -0.2) is 33.2 Å².